The Labute approximate surface area is 104 Å². The molecule has 2 saturated heterocycles. The molecule has 3 nitrogen and oxygen atoms in total. The highest BCUT2D eigenvalue weighted by molar-refractivity contribution is 5.22. The van der Waals surface area contributed by atoms with E-state index in [0.29, 0.717) is 6.42 Å². The maximum Gasteiger partial charge on any atom is 0.115 e. The van der Waals surface area contributed by atoms with Gasteiger partial charge in [0.25, 0.3) is 0 Å². The zero-order valence-electron chi connectivity index (χ0n) is 11.2. The summed E-state index contributed by atoms with van der Waals surface area (Å²) in [4.78, 5) is 0. The van der Waals surface area contributed by atoms with E-state index in [-0.39, 0.29) is 24.0 Å². The second-order valence-electron chi connectivity index (χ2n) is 6.25. The van der Waals surface area contributed by atoms with Gasteiger partial charge in [-0.1, -0.05) is 27.7 Å². The predicted octanol–water partition coefficient (Wildman–Crippen LogP) is 2.49. The molecule has 1 N–H and O–H groups in total. The summed E-state index contributed by atoms with van der Waals surface area (Å²) in [7, 11) is 0. The van der Waals surface area contributed by atoms with E-state index in [1.807, 2.05) is 27.7 Å². The van der Waals surface area contributed by atoms with Gasteiger partial charge in [0.15, 0.2) is 0 Å². The van der Waals surface area contributed by atoms with Gasteiger partial charge < -0.3 is 9.84 Å². The second-order valence-corrected chi connectivity index (χ2v) is 6.25. The number of hydrogen-bond donors (Lipinski definition) is 1. The maximum atomic E-state index is 11.1. The highest BCUT2D eigenvalue weighted by atomic mass is 16.5. The van der Waals surface area contributed by atoms with Gasteiger partial charge in [-0.25, -0.2) is 0 Å². The van der Waals surface area contributed by atoms with E-state index in [2.05, 4.69) is 6.07 Å². The van der Waals surface area contributed by atoms with Gasteiger partial charge >= 0.3 is 0 Å². The van der Waals surface area contributed by atoms with Crippen molar-refractivity contribution in [1.29, 1.82) is 5.26 Å². The summed E-state index contributed by atoms with van der Waals surface area (Å²) < 4.78 is 5.84. The van der Waals surface area contributed by atoms with Gasteiger partial charge in [0.1, 0.15) is 5.41 Å². The molecule has 0 aliphatic carbocycles. The van der Waals surface area contributed by atoms with Gasteiger partial charge in [0, 0.05) is 0 Å². The van der Waals surface area contributed by atoms with Gasteiger partial charge in [-0.05, 0) is 31.1 Å². The lowest BCUT2D eigenvalue weighted by atomic mass is 9.56. The minimum absolute atomic E-state index is 0.0603. The lowest BCUT2D eigenvalue weighted by molar-refractivity contribution is -0.146. The molecule has 96 valence electrons. The van der Waals surface area contributed by atoms with E-state index in [1.54, 1.807) is 0 Å². The smallest absolute Gasteiger partial charge is 0.115 e. The first-order valence-electron chi connectivity index (χ1n) is 6.67. The number of fused-ring (bicyclic) bond motifs is 2. The summed E-state index contributed by atoms with van der Waals surface area (Å²) >= 11 is 0. The van der Waals surface area contributed by atoms with Crippen LogP contribution in [-0.2, 0) is 4.74 Å². The van der Waals surface area contributed by atoms with Crippen molar-refractivity contribution in [3.05, 3.63) is 0 Å². The van der Waals surface area contributed by atoms with Crippen molar-refractivity contribution < 1.29 is 9.84 Å². The highest BCUT2D eigenvalue weighted by Gasteiger charge is 2.65. The predicted molar refractivity (Wildman–Crippen MR) is 65.2 cm³/mol. The second kappa shape index (κ2) is 3.96. The molecular formula is C14H23NO2. The van der Waals surface area contributed by atoms with Gasteiger partial charge in [-0.15, -0.1) is 0 Å². The molecule has 3 atom stereocenters. The number of rotatable bonds is 3. The normalized spacial score (nSPS) is 36.8. The standard InChI is InChI=1S/C14H23NO2/c1-9(2)14(16,10(3)4)13(8-15)7-11-5-6-12(13)17-11/h9-12,16H,5-7H2,1-4H3. The van der Waals surface area contributed by atoms with Crippen molar-refractivity contribution >= 4 is 0 Å². The fourth-order valence-electron chi connectivity index (χ4n) is 4.03. The Hall–Kier alpha value is -0.590. The molecule has 0 aromatic carbocycles. The summed E-state index contributed by atoms with van der Waals surface area (Å²) in [6, 6.07) is 2.44. The van der Waals surface area contributed by atoms with Crippen LogP contribution in [0.3, 0.4) is 0 Å². The summed E-state index contributed by atoms with van der Waals surface area (Å²) in [6.07, 6.45) is 2.76. The van der Waals surface area contributed by atoms with Crippen LogP contribution in [0.25, 0.3) is 0 Å². The third-order valence-electron chi connectivity index (χ3n) is 4.88. The van der Waals surface area contributed by atoms with Crippen molar-refractivity contribution in [3.8, 4) is 6.07 Å². The third kappa shape index (κ3) is 1.47. The number of nitriles is 1. The van der Waals surface area contributed by atoms with Crippen LogP contribution in [0.2, 0.25) is 0 Å². The van der Waals surface area contributed by atoms with E-state index in [4.69, 9.17) is 4.74 Å². The first-order chi connectivity index (χ1) is 7.88. The van der Waals surface area contributed by atoms with Crippen LogP contribution in [-0.4, -0.2) is 22.9 Å². The summed E-state index contributed by atoms with van der Waals surface area (Å²) in [5.74, 6) is 0.121. The fraction of sp³-hybridized carbons (Fsp3) is 0.929. The lowest BCUT2D eigenvalue weighted by Crippen LogP contribution is -2.59. The molecule has 0 aromatic rings. The molecule has 0 radical (unpaired) electrons. The monoisotopic (exact) mass is 237 g/mol. The SMILES string of the molecule is CC(C)C(O)(C(C)C)C1(C#N)CC2CCC1O2. The first-order valence-corrected chi connectivity index (χ1v) is 6.67. The van der Waals surface area contributed by atoms with Gasteiger partial charge in [-0.3, -0.25) is 0 Å². The molecule has 0 saturated carbocycles. The van der Waals surface area contributed by atoms with Crippen LogP contribution < -0.4 is 0 Å². The van der Waals surface area contributed by atoms with Gasteiger partial charge in [0.2, 0.25) is 0 Å². The molecule has 17 heavy (non-hydrogen) atoms. The maximum absolute atomic E-state index is 11.1. The van der Waals surface area contributed by atoms with Crippen LogP contribution in [0.4, 0.5) is 0 Å². The molecule has 0 aromatic heterocycles. The molecule has 2 heterocycles. The zero-order valence-corrected chi connectivity index (χ0v) is 11.2. The molecule has 2 fully saturated rings. The summed E-state index contributed by atoms with van der Waals surface area (Å²) in [5.41, 5.74) is -1.67. The molecule has 0 spiro atoms. The van der Waals surface area contributed by atoms with Crippen molar-refractivity contribution in [3.63, 3.8) is 0 Å². The van der Waals surface area contributed by atoms with Crippen LogP contribution in [0.1, 0.15) is 47.0 Å². The average Bonchev–Trinajstić information content (AvgIpc) is 2.87. The van der Waals surface area contributed by atoms with E-state index in [0.717, 1.165) is 12.8 Å². The molecule has 0 amide bonds. The van der Waals surface area contributed by atoms with Crippen molar-refractivity contribution in [1.82, 2.24) is 0 Å². The molecule has 2 aliphatic heterocycles. The molecule has 2 rings (SSSR count). The molecule has 3 unspecified atom stereocenters. The topological polar surface area (TPSA) is 53.2 Å². The van der Waals surface area contributed by atoms with E-state index in [1.165, 1.54) is 0 Å². The minimum Gasteiger partial charge on any atom is -0.388 e. The Balaban J connectivity index is 2.45. The highest BCUT2D eigenvalue weighted by Crippen LogP contribution is 2.57. The lowest BCUT2D eigenvalue weighted by Gasteiger charge is -2.49. The summed E-state index contributed by atoms with van der Waals surface area (Å²) in [5, 5.41) is 20.8. The van der Waals surface area contributed by atoms with Crippen LogP contribution in [0.5, 0.6) is 0 Å². The van der Waals surface area contributed by atoms with E-state index < -0.39 is 11.0 Å². The van der Waals surface area contributed by atoms with E-state index >= 15 is 0 Å². The third-order valence-corrected chi connectivity index (χ3v) is 4.88. The zero-order chi connectivity index (χ0) is 12.8. The van der Waals surface area contributed by atoms with Crippen LogP contribution >= 0.6 is 0 Å². The van der Waals surface area contributed by atoms with Crippen molar-refractivity contribution in [2.75, 3.05) is 0 Å². The van der Waals surface area contributed by atoms with Crippen LogP contribution in [0, 0.1) is 28.6 Å². The number of hydrogen-bond acceptors (Lipinski definition) is 3. The Morgan fingerprint density at radius 1 is 1.29 bits per heavy atom. The average molecular weight is 237 g/mol. The fourth-order valence-corrected chi connectivity index (χ4v) is 4.03. The Bertz CT molecular complexity index is 337. The molecule has 3 heteroatoms. The number of aliphatic hydroxyl groups is 1. The number of ether oxygens (including phenoxy) is 1. The Morgan fingerprint density at radius 3 is 2.18 bits per heavy atom. The first kappa shape index (κ1) is 12.9. The largest absolute Gasteiger partial charge is 0.388 e. The quantitative estimate of drug-likeness (QED) is 0.820. The van der Waals surface area contributed by atoms with Gasteiger partial charge in [-0.2, -0.15) is 5.26 Å². The van der Waals surface area contributed by atoms with Crippen molar-refractivity contribution in [2.45, 2.75) is 64.8 Å². The Kier molecular flexibility index (Phi) is 3.00. The van der Waals surface area contributed by atoms with E-state index in [9.17, 15) is 10.4 Å². The number of nitrogens with zero attached hydrogens (tertiary/aromatic N) is 1. The Morgan fingerprint density at radius 2 is 1.88 bits per heavy atom. The van der Waals surface area contributed by atoms with Gasteiger partial charge in [0.05, 0.1) is 23.9 Å². The molecular weight excluding hydrogens is 214 g/mol. The van der Waals surface area contributed by atoms with Crippen molar-refractivity contribution in [2.24, 2.45) is 17.3 Å². The molecule has 2 bridgehead atoms. The summed E-state index contributed by atoms with van der Waals surface area (Å²) in [6.45, 7) is 8.02. The van der Waals surface area contributed by atoms with Crippen LogP contribution in [0.15, 0.2) is 0 Å². The molecule has 2 aliphatic rings. The minimum atomic E-state index is -0.957.